The highest BCUT2D eigenvalue weighted by atomic mass is 16.5. The molecule has 0 aromatic rings. The number of hydrogen-bond donors (Lipinski definition) is 3. The topological polar surface area (TPSA) is 95.9 Å². The normalized spacial score (nSPS) is 12.8. The highest BCUT2D eigenvalue weighted by molar-refractivity contribution is 5.76. The van der Waals surface area contributed by atoms with Gasteiger partial charge >= 0.3 is 5.97 Å². The molecule has 0 fully saturated rings. The molecule has 1 amide bonds. The first-order valence-corrected chi connectivity index (χ1v) is 27.1. The van der Waals surface area contributed by atoms with Crippen LogP contribution in [-0.2, 0) is 14.3 Å². The fourth-order valence-corrected chi connectivity index (χ4v) is 8.34. The summed E-state index contributed by atoms with van der Waals surface area (Å²) in [5.41, 5.74) is 0. The minimum atomic E-state index is -0.698. The predicted molar refractivity (Wildman–Crippen MR) is 264 cm³/mol. The van der Waals surface area contributed by atoms with Crippen LogP contribution < -0.4 is 5.32 Å². The Balaban J connectivity index is 3.54. The minimum absolute atomic E-state index is 0.0145. The summed E-state index contributed by atoms with van der Waals surface area (Å²) in [7, 11) is 0. The van der Waals surface area contributed by atoms with Crippen molar-refractivity contribution >= 4 is 11.9 Å². The number of amides is 1. The molecule has 0 aromatic heterocycles. The third-order valence-corrected chi connectivity index (χ3v) is 12.5. The van der Waals surface area contributed by atoms with Crippen LogP contribution in [0.1, 0.15) is 290 Å². The fourth-order valence-electron chi connectivity index (χ4n) is 8.34. The molecular weight excluding hydrogens is 755 g/mol. The van der Waals surface area contributed by atoms with Gasteiger partial charge in [-0.3, -0.25) is 9.59 Å². The molecule has 0 saturated carbocycles. The van der Waals surface area contributed by atoms with Gasteiger partial charge in [-0.1, -0.05) is 256 Å². The first kappa shape index (κ1) is 59.3. The number of ether oxygens (including phenoxy) is 1. The van der Waals surface area contributed by atoms with Crippen LogP contribution in [0.4, 0.5) is 0 Å². The van der Waals surface area contributed by atoms with E-state index in [4.69, 9.17) is 4.74 Å². The number of aliphatic hydroxyl groups excluding tert-OH is 2. The third kappa shape index (κ3) is 47.7. The van der Waals surface area contributed by atoms with E-state index in [9.17, 15) is 19.8 Å². The van der Waals surface area contributed by atoms with Gasteiger partial charge in [0, 0.05) is 12.8 Å². The molecule has 0 aliphatic carbocycles. The summed E-state index contributed by atoms with van der Waals surface area (Å²) in [5.74, 6) is -0.128. The molecule has 6 nitrogen and oxygen atoms in total. The Hall–Kier alpha value is -1.66. The summed E-state index contributed by atoms with van der Waals surface area (Å²) in [6.45, 7) is 4.90. The van der Waals surface area contributed by atoms with Crippen molar-refractivity contribution in [3.8, 4) is 0 Å². The second kappa shape index (κ2) is 51.0. The Bertz CT molecular complexity index is 951. The van der Waals surface area contributed by atoms with Gasteiger partial charge in [0.15, 0.2) is 0 Å². The molecule has 0 aromatic carbocycles. The molecule has 0 aliphatic rings. The van der Waals surface area contributed by atoms with Crippen LogP contribution in [0.5, 0.6) is 0 Å². The van der Waals surface area contributed by atoms with Crippen LogP contribution in [0.2, 0.25) is 0 Å². The van der Waals surface area contributed by atoms with Crippen molar-refractivity contribution in [2.75, 3.05) is 13.2 Å². The van der Waals surface area contributed by atoms with Crippen molar-refractivity contribution < 1.29 is 24.5 Å². The number of unbranched alkanes of at least 4 members (excludes halogenated alkanes) is 35. The van der Waals surface area contributed by atoms with Crippen molar-refractivity contribution in [1.82, 2.24) is 5.32 Å². The smallest absolute Gasteiger partial charge is 0.305 e. The molecule has 2 unspecified atom stereocenters. The van der Waals surface area contributed by atoms with Gasteiger partial charge in [0.1, 0.15) is 0 Å². The van der Waals surface area contributed by atoms with Crippen molar-refractivity contribution in [2.24, 2.45) is 0 Å². The number of hydrogen-bond acceptors (Lipinski definition) is 5. The zero-order valence-electron chi connectivity index (χ0n) is 40.9. The van der Waals surface area contributed by atoms with Crippen LogP contribution in [0, 0.1) is 0 Å². The molecule has 3 N–H and O–H groups in total. The maximum atomic E-state index is 12.4. The van der Waals surface area contributed by atoms with Crippen LogP contribution in [0.3, 0.4) is 0 Å². The molecule has 0 bridgehead atoms. The molecular formula is C55H105NO5. The highest BCUT2D eigenvalue weighted by Crippen LogP contribution is 2.17. The Morgan fingerprint density at radius 1 is 0.459 bits per heavy atom. The number of allylic oxidation sites excluding steroid dienone is 4. The van der Waals surface area contributed by atoms with Crippen molar-refractivity contribution in [2.45, 2.75) is 302 Å². The van der Waals surface area contributed by atoms with Gasteiger partial charge in [-0.05, 0) is 44.9 Å². The van der Waals surface area contributed by atoms with Crippen LogP contribution in [0.15, 0.2) is 24.3 Å². The number of carbonyl (C=O) groups is 2. The van der Waals surface area contributed by atoms with E-state index in [0.29, 0.717) is 32.3 Å². The Morgan fingerprint density at radius 2 is 0.836 bits per heavy atom. The van der Waals surface area contributed by atoms with Gasteiger partial charge < -0.3 is 20.3 Å². The summed E-state index contributed by atoms with van der Waals surface area (Å²) in [4.78, 5) is 24.5. The Labute approximate surface area is 380 Å². The molecule has 0 spiro atoms. The number of aliphatic hydroxyl groups is 2. The maximum Gasteiger partial charge on any atom is 0.305 e. The van der Waals surface area contributed by atoms with Gasteiger partial charge in [0.05, 0.1) is 25.4 Å². The summed E-state index contributed by atoms with van der Waals surface area (Å²) >= 11 is 0. The van der Waals surface area contributed by atoms with Gasteiger partial charge in [0.2, 0.25) is 5.91 Å². The molecule has 0 radical (unpaired) electrons. The van der Waals surface area contributed by atoms with Crippen LogP contribution >= 0.6 is 0 Å². The average molecular weight is 860 g/mol. The Morgan fingerprint density at radius 3 is 1.28 bits per heavy atom. The number of esters is 1. The fraction of sp³-hybridized carbons (Fsp3) is 0.891. The van der Waals surface area contributed by atoms with E-state index in [2.05, 4.69) is 37.4 Å². The maximum absolute atomic E-state index is 12.4. The first-order chi connectivity index (χ1) is 30.0. The second-order valence-corrected chi connectivity index (χ2v) is 18.6. The molecule has 2 atom stereocenters. The average Bonchev–Trinajstić information content (AvgIpc) is 3.26. The van der Waals surface area contributed by atoms with Gasteiger partial charge in [-0.25, -0.2) is 0 Å². The van der Waals surface area contributed by atoms with Crippen molar-refractivity contribution in [1.29, 1.82) is 0 Å². The van der Waals surface area contributed by atoms with E-state index < -0.39 is 12.1 Å². The van der Waals surface area contributed by atoms with Crippen molar-refractivity contribution in [3.05, 3.63) is 24.3 Å². The Kier molecular flexibility index (Phi) is 49.6. The van der Waals surface area contributed by atoms with E-state index in [1.807, 2.05) is 6.08 Å². The van der Waals surface area contributed by atoms with E-state index in [1.54, 1.807) is 0 Å². The van der Waals surface area contributed by atoms with E-state index in [0.717, 1.165) is 51.4 Å². The molecule has 61 heavy (non-hydrogen) atoms. The molecule has 360 valence electrons. The monoisotopic (exact) mass is 860 g/mol. The summed E-state index contributed by atoms with van der Waals surface area (Å²) in [6.07, 6.45) is 60.2. The summed E-state index contributed by atoms with van der Waals surface area (Å²) < 4.78 is 5.45. The summed E-state index contributed by atoms with van der Waals surface area (Å²) in [6, 6.07) is -0.585. The number of nitrogens with one attached hydrogen (secondary N) is 1. The molecule has 0 heterocycles. The standard InChI is InChI=1S/C55H105NO5/c1-3-5-7-9-11-13-15-17-19-20-21-23-27-31-35-39-43-47-53(58)52(51-57)56-54(59)48-44-40-36-32-28-24-22-26-30-34-38-42-46-50-61-55(60)49-45-41-37-33-29-25-18-16-14-12-10-8-6-4-2/h24,28,36,40,52-53,57-58H,3-23,25-27,29-35,37-39,41-51H2,1-2H3,(H,56,59)/b28-24-,40-36-. The SMILES string of the molecule is CCCCCCCCCCCCCCCCCCCC(O)C(CO)NC(=O)CC/C=C\C/C=C\CCCCCCCCOC(=O)CCCCCCCCCCCCCCCC. The lowest BCUT2D eigenvalue weighted by Gasteiger charge is -2.22. The van der Waals surface area contributed by atoms with Gasteiger partial charge in [0.25, 0.3) is 0 Å². The zero-order valence-corrected chi connectivity index (χ0v) is 40.9. The second-order valence-electron chi connectivity index (χ2n) is 18.6. The molecule has 0 aliphatic heterocycles. The molecule has 6 heteroatoms. The van der Waals surface area contributed by atoms with Gasteiger partial charge in [-0.15, -0.1) is 0 Å². The lowest BCUT2D eigenvalue weighted by atomic mass is 10.0. The molecule has 0 rings (SSSR count). The first-order valence-electron chi connectivity index (χ1n) is 27.1. The highest BCUT2D eigenvalue weighted by Gasteiger charge is 2.19. The lowest BCUT2D eigenvalue weighted by molar-refractivity contribution is -0.143. The predicted octanol–water partition coefficient (Wildman–Crippen LogP) is 16.3. The van der Waals surface area contributed by atoms with E-state index in [-0.39, 0.29) is 18.5 Å². The number of rotatable bonds is 50. The minimum Gasteiger partial charge on any atom is -0.466 e. The lowest BCUT2D eigenvalue weighted by Crippen LogP contribution is -2.45. The van der Waals surface area contributed by atoms with Crippen LogP contribution in [-0.4, -0.2) is 47.4 Å². The van der Waals surface area contributed by atoms with E-state index >= 15 is 0 Å². The molecule has 0 saturated heterocycles. The van der Waals surface area contributed by atoms with Gasteiger partial charge in [-0.2, -0.15) is 0 Å². The van der Waals surface area contributed by atoms with Crippen LogP contribution in [0.25, 0.3) is 0 Å². The van der Waals surface area contributed by atoms with Crippen molar-refractivity contribution in [3.63, 3.8) is 0 Å². The zero-order chi connectivity index (χ0) is 44.4. The number of carbonyl (C=O) groups excluding carboxylic acids is 2. The van der Waals surface area contributed by atoms with E-state index in [1.165, 1.54) is 199 Å². The summed E-state index contributed by atoms with van der Waals surface area (Å²) in [5, 5.41) is 23.2. The largest absolute Gasteiger partial charge is 0.466 e. The third-order valence-electron chi connectivity index (χ3n) is 12.5. The quantitative estimate of drug-likeness (QED) is 0.0322.